The molecule has 0 spiro atoms. The molecule has 2 heterocycles. The van der Waals surface area contributed by atoms with Gasteiger partial charge in [-0.3, -0.25) is 4.98 Å². The van der Waals surface area contributed by atoms with Gasteiger partial charge >= 0.3 is 0 Å². The van der Waals surface area contributed by atoms with Gasteiger partial charge in [-0.1, -0.05) is 18.2 Å². The Bertz CT molecular complexity index is 613. The highest BCUT2D eigenvalue weighted by Gasteiger charge is 2.16. The highest BCUT2D eigenvalue weighted by Crippen LogP contribution is 2.27. The molecular formula is C15H14N2O. The van der Waals surface area contributed by atoms with E-state index < -0.39 is 0 Å². The molecule has 1 aromatic carbocycles. The minimum absolute atomic E-state index is 0.0559. The van der Waals surface area contributed by atoms with Crippen LogP contribution in [0.4, 0.5) is 0 Å². The SMILES string of the molecule is CNC(c1ccncc1)c1cc2ccccc2o1. The van der Waals surface area contributed by atoms with E-state index in [1.165, 1.54) is 0 Å². The molecule has 18 heavy (non-hydrogen) atoms. The zero-order valence-electron chi connectivity index (χ0n) is 10.1. The van der Waals surface area contributed by atoms with E-state index in [0.717, 1.165) is 22.3 Å². The van der Waals surface area contributed by atoms with E-state index in [-0.39, 0.29) is 6.04 Å². The molecule has 2 aromatic heterocycles. The first-order chi connectivity index (χ1) is 8.88. The summed E-state index contributed by atoms with van der Waals surface area (Å²) in [5, 5.41) is 4.40. The predicted molar refractivity (Wildman–Crippen MR) is 71.4 cm³/mol. The van der Waals surface area contributed by atoms with Crippen molar-refractivity contribution >= 4 is 11.0 Å². The van der Waals surface area contributed by atoms with Crippen molar-refractivity contribution in [2.75, 3.05) is 7.05 Å². The summed E-state index contributed by atoms with van der Waals surface area (Å²) in [6.07, 6.45) is 3.59. The molecule has 0 saturated carbocycles. The zero-order chi connectivity index (χ0) is 12.4. The number of hydrogen-bond acceptors (Lipinski definition) is 3. The van der Waals surface area contributed by atoms with E-state index in [9.17, 15) is 0 Å². The summed E-state index contributed by atoms with van der Waals surface area (Å²) in [5.74, 6) is 0.921. The molecule has 1 unspecified atom stereocenters. The van der Waals surface area contributed by atoms with Crippen LogP contribution in [0, 0.1) is 0 Å². The number of rotatable bonds is 3. The summed E-state index contributed by atoms with van der Waals surface area (Å²) in [6.45, 7) is 0. The Kier molecular flexibility index (Phi) is 2.82. The number of aromatic nitrogens is 1. The standard InChI is InChI=1S/C15H14N2O/c1-16-15(11-6-8-17-9-7-11)14-10-12-4-2-3-5-13(12)18-14/h2-10,15-16H,1H3. The third-order valence-electron chi connectivity index (χ3n) is 3.06. The molecule has 3 heteroatoms. The molecule has 0 radical (unpaired) electrons. The molecule has 0 bridgehead atoms. The van der Waals surface area contributed by atoms with Crippen molar-refractivity contribution < 1.29 is 4.42 Å². The maximum atomic E-state index is 5.89. The molecule has 3 aromatic rings. The van der Waals surface area contributed by atoms with Crippen molar-refractivity contribution in [1.29, 1.82) is 0 Å². The summed E-state index contributed by atoms with van der Waals surface area (Å²) >= 11 is 0. The quantitative estimate of drug-likeness (QED) is 0.761. The second-order valence-corrected chi connectivity index (χ2v) is 4.19. The predicted octanol–water partition coefficient (Wildman–Crippen LogP) is 3.14. The summed E-state index contributed by atoms with van der Waals surface area (Å²) in [5.41, 5.74) is 2.06. The van der Waals surface area contributed by atoms with Gasteiger partial charge in [0.15, 0.2) is 0 Å². The number of nitrogens with zero attached hydrogens (tertiary/aromatic N) is 1. The fourth-order valence-corrected chi connectivity index (χ4v) is 2.17. The Balaban J connectivity index is 2.06. The van der Waals surface area contributed by atoms with Crippen molar-refractivity contribution in [2.24, 2.45) is 0 Å². The molecule has 90 valence electrons. The maximum absolute atomic E-state index is 5.89. The van der Waals surface area contributed by atoms with Gasteiger partial charge in [0.05, 0.1) is 6.04 Å². The number of pyridine rings is 1. The molecule has 3 rings (SSSR count). The lowest BCUT2D eigenvalue weighted by molar-refractivity contribution is 0.491. The summed E-state index contributed by atoms with van der Waals surface area (Å²) in [4.78, 5) is 4.04. The van der Waals surface area contributed by atoms with Crippen molar-refractivity contribution in [3.8, 4) is 0 Å². The maximum Gasteiger partial charge on any atom is 0.134 e. The van der Waals surface area contributed by atoms with E-state index >= 15 is 0 Å². The second-order valence-electron chi connectivity index (χ2n) is 4.19. The fourth-order valence-electron chi connectivity index (χ4n) is 2.17. The molecule has 0 aliphatic rings. The Hall–Kier alpha value is -2.13. The third kappa shape index (κ3) is 1.89. The summed E-state index contributed by atoms with van der Waals surface area (Å²) in [7, 11) is 1.93. The van der Waals surface area contributed by atoms with Gasteiger partial charge in [0.2, 0.25) is 0 Å². The fraction of sp³-hybridized carbons (Fsp3) is 0.133. The lowest BCUT2D eigenvalue weighted by atomic mass is 10.1. The van der Waals surface area contributed by atoms with E-state index in [1.807, 2.05) is 37.4 Å². The van der Waals surface area contributed by atoms with Crippen LogP contribution in [0.25, 0.3) is 11.0 Å². The first kappa shape index (κ1) is 11.0. The van der Waals surface area contributed by atoms with E-state index in [2.05, 4.69) is 22.4 Å². The summed E-state index contributed by atoms with van der Waals surface area (Å²) in [6, 6.07) is 14.2. The topological polar surface area (TPSA) is 38.1 Å². The van der Waals surface area contributed by atoms with Gasteiger partial charge in [-0.2, -0.15) is 0 Å². The molecule has 0 fully saturated rings. The van der Waals surface area contributed by atoms with Gasteiger partial charge in [0.25, 0.3) is 0 Å². The van der Waals surface area contributed by atoms with Gasteiger partial charge in [0, 0.05) is 17.8 Å². The van der Waals surface area contributed by atoms with Crippen LogP contribution in [0.2, 0.25) is 0 Å². The summed E-state index contributed by atoms with van der Waals surface area (Å²) < 4.78 is 5.89. The average molecular weight is 238 g/mol. The lowest BCUT2D eigenvalue weighted by Crippen LogP contribution is -2.16. The molecule has 0 amide bonds. The molecule has 0 aliphatic heterocycles. The van der Waals surface area contributed by atoms with Crippen LogP contribution in [0.15, 0.2) is 59.3 Å². The molecule has 0 saturated heterocycles. The number of furan rings is 1. The van der Waals surface area contributed by atoms with Crippen LogP contribution in [0.1, 0.15) is 17.4 Å². The second kappa shape index (κ2) is 4.63. The van der Waals surface area contributed by atoms with Crippen LogP contribution >= 0.6 is 0 Å². The first-order valence-electron chi connectivity index (χ1n) is 5.94. The van der Waals surface area contributed by atoms with Crippen molar-refractivity contribution in [3.05, 3.63) is 66.2 Å². The van der Waals surface area contributed by atoms with Crippen LogP contribution < -0.4 is 5.32 Å². The molecule has 1 N–H and O–H groups in total. The van der Waals surface area contributed by atoms with Gasteiger partial charge in [-0.05, 0) is 36.9 Å². The lowest BCUT2D eigenvalue weighted by Gasteiger charge is -2.13. The van der Waals surface area contributed by atoms with Crippen molar-refractivity contribution in [1.82, 2.24) is 10.3 Å². The Morgan fingerprint density at radius 3 is 2.61 bits per heavy atom. The highest BCUT2D eigenvalue weighted by molar-refractivity contribution is 5.77. The average Bonchev–Trinajstić information content (AvgIpc) is 2.84. The number of nitrogens with one attached hydrogen (secondary N) is 1. The van der Waals surface area contributed by atoms with E-state index in [4.69, 9.17) is 4.42 Å². The number of hydrogen-bond donors (Lipinski definition) is 1. The molecular weight excluding hydrogens is 224 g/mol. The minimum atomic E-state index is 0.0559. The monoisotopic (exact) mass is 238 g/mol. The van der Waals surface area contributed by atoms with E-state index in [0.29, 0.717) is 0 Å². The molecule has 1 atom stereocenters. The van der Waals surface area contributed by atoms with Gasteiger partial charge < -0.3 is 9.73 Å². The third-order valence-corrected chi connectivity index (χ3v) is 3.06. The zero-order valence-corrected chi connectivity index (χ0v) is 10.1. The van der Waals surface area contributed by atoms with Crippen LogP contribution in [0.5, 0.6) is 0 Å². The Labute approximate surface area is 105 Å². The van der Waals surface area contributed by atoms with Gasteiger partial charge in [-0.25, -0.2) is 0 Å². The number of benzene rings is 1. The van der Waals surface area contributed by atoms with Gasteiger partial charge in [-0.15, -0.1) is 0 Å². The highest BCUT2D eigenvalue weighted by atomic mass is 16.3. The smallest absolute Gasteiger partial charge is 0.134 e. The van der Waals surface area contributed by atoms with Crippen LogP contribution in [-0.2, 0) is 0 Å². The van der Waals surface area contributed by atoms with Crippen LogP contribution in [-0.4, -0.2) is 12.0 Å². The molecule has 3 nitrogen and oxygen atoms in total. The molecule has 0 aliphatic carbocycles. The van der Waals surface area contributed by atoms with E-state index in [1.54, 1.807) is 12.4 Å². The Morgan fingerprint density at radius 1 is 1.11 bits per heavy atom. The normalized spacial score (nSPS) is 12.7. The van der Waals surface area contributed by atoms with Gasteiger partial charge in [0.1, 0.15) is 11.3 Å². The van der Waals surface area contributed by atoms with Crippen LogP contribution in [0.3, 0.4) is 0 Å². The number of para-hydroxylation sites is 1. The largest absolute Gasteiger partial charge is 0.459 e. The number of fused-ring (bicyclic) bond motifs is 1. The van der Waals surface area contributed by atoms with Crippen molar-refractivity contribution in [2.45, 2.75) is 6.04 Å². The van der Waals surface area contributed by atoms with Crippen molar-refractivity contribution in [3.63, 3.8) is 0 Å². The Morgan fingerprint density at radius 2 is 1.89 bits per heavy atom. The first-order valence-corrected chi connectivity index (χ1v) is 5.94. The minimum Gasteiger partial charge on any atom is -0.459 e.